The van der Waals surface area contributed by atoms with Gasteiger partial charge in [0.1, 0.15) is 0 Å². The topological polar surface area (TPSA) is 37.3 Å². The number of rotatable bonds is 2. The quantitative estimate of drug-likeness (QED) is 0.800. The molecule has 0 aliphatic heterocycles. The van der Waals surface area contributed by atoms with Gasteiger partial charge in [0.05, 0.1) is 6.42 Å². The Bertz CT molecular complexity index is 456. The number of benzene rings is 1. The second kappa shape index (κ2) is 3.54. The maximum absolute atomic E-state index is 10.8. The second-order valence-electron chi connectivity index (χ2n) is 4.12. The fraction of sp³-hybridized carbons (Fsp3) is 0.308. The van der Waals surface area contributed by atoms with Crippen LogP contribution < -0.4 is 0 Å². The van der Waals surface area contributed by atoms with Crippen LogP contribution in [0, 0.1) is 6.92 Å². The first-order valence-electron chi connectivity index (χ1n) is 5.09. The van der Waals surface area contributed by atoms with E-state index in [2.05, 4.69) is 6.07 Å². The summed E-state index contributed by atoms with van der Waals surface area (Å²) in [7, 11) is 0. The molecular weight excluding hydrogens is 188 g/mol. The van der Waals surface area contributed by atoms with Crippen LogP contribution in [0.1, 0.15) is 30.0 Å². The third-order valence-corrected chi connectivity index (χ3v) is 2.96. The van der Waals surface area contributed by atoms with Gasteiger partial charge in [-0.05, 0) is 42.5 Å². The van der Waals surface area contributed by atoms with Gasteiger partial charge in [-0.1, -0.05) is 23.8 Å². The number of carbonyl (C=O) groups is 1. The molecule has 0 spiro atoms. The maximum atomic E-state index is 10.8. The maximum Gasteiger partial charge on any atom is 0.307 e. The molecule has 0 saturated carbocycles. The van der Waals surface area contributed by atoms with Crippen LogP contribution in [-0.4, -0.2) is 11.1 Å². The highest BCUT2D eigenvalue weighted by Gasteiger charge is 2.21. The Morgan fingerprint density at radius 3 is 2.80 bits per heavy atom. The van der Waals surface area contributed by atoms with E-state index in [1.165, 1.54) is 16.7 Å². The van der Waals surface area contributed by atoms with E-state index in [1.807, 2.05) is 26.0 Å². The summed E-state index contributed by atoms with van der Waals surface area (Å²) in [6.07, 6.45) is 1.04. The fourth-order valence-electron chi connectivity index (χ4n) is 2.30. The largest absolute Gasteiger partial charge is 0.481 e. The van der Waals surface area contributed by atoms with E-state index in [9.17, 15) is 4.79 Å². The molecule has 2 rings (SSSR count). The molecule has 1 aliphatic rings. The molecule has 0 fully saturated rings. The normalized spacial score (nSPS) is 14.3. The highest BCUT2D eigenvalue weighted by molar-refractivity contribution is 5.89. The lowest BCUT2D eigenvalue weighted by Crippen LogP contribution is -1.98. The molecule has 15 heavy (non-hydrogen) atoms. The minimum absolute atomic E-state index is 0.143. The predicted octanol–water partition coefficient (Wildman–Crippen LogP) is 2.80. The van der Waals surface area contributed by atoms with Crippen molar-refractivity contribution in [1.29, 1.82) is 0 Å². The van der Waals surface area contributed by atoms with Gasteiger partial charge in [0, 0.05) is 0 Å². The monoisotopic (exact) mass is 202 g/mol. The van der Waals surface area contributed by atoms with E-state index < -0.39 is 5.97 Å². The molecule has 0 unspecified atom stereocenters. The van der Waals surface area contributed by atoms with Crippen molar-refractivity contribution < 1.29 is 9.90 Å². The standard InChI is InChI=1S/C13H14O2/c1-8-4-3-5-10-6-9(2)11(13(8)10)7-12(14)15/h3-5H,6-7H2,1-2H3,(H,14,15). The van der Waals surface area contributed by atoms with Gasteiger partial charge in [0.15, 0.2) is 0 Å². The number of carboxylic acids is 1. The molecule has 0 amide bonds. The van der Waals surface area contributed by atoms with Gasteiger partial charge < -0.3 is 5.11 Å². The van der Waals surface area contributed by atoms with E-state index in [0.29, 0.717) is 0 Å². The van der Waals surface area contributed by atoms with Crippen molar-refractivity contribution >= 4 is 11.5 Å². The Kier molecular flexibility index (Phi) is 2.35. The molecular formula is C13H14O2. The zero-order valence-electron chi connectivity index (χ0n) is 9.00. The number of hydrogen-bond acceptors (Lipinski definition) is 1. The van der Waals surface area contributed by atoms with Crippen molar-refractivity contribution in [1.82, 2.24) is 0 Å². The molecule has 0 heterocycles. The molecule has 1 aromatic rings. The Balaban J connectivity index is 2.50. The van der Waals surface area contributed by atoms with E-state index in [1.54, 1.807) is 0 Å². The molecule has 2 heteroatoms. The molecule has 1 aromatic carbocycles. The summed E-state index contributed by atoms with van der Waals surface area (Å²) < 4.78 is 0. The first-order chi connectivity index (χ1) is 7.09. The Hall–Kier alpha value is -1.57. The zero-order valence-corrected chi connectivity index (χ0v) is 9.00. The van der Waals surface area contributed by atoms with Crippen molar-refractivity contribution in [3.05, 3.63) is 40.5 Å². The number of aryl methyl sites for hydroxylation is 1. The summed E-state index contributed by atoms with van der Waals surface area (Å²) in [4.78, 5) is 10.8. The van der Waals surface area contributed by atoms with Gasteiger partial charge >= 0.3 is 5.97 Å². The van der Waals surface area contributed by atoms with Crippen LogP contribution in [0.4, 0.5) is 0 Å². The highest BCUT2D eigenvalue weighted by atomic mass is 16.4. The third-order valence-electron chi connectivity index (χ3n) is 2.96. The van der Waals surface area contributed by atoms with E-state index in [-0.39, 0.29) is 6.42 Å². The predicted molar refractivity (Wildman–Crippen MR) is 59.7 cm³/mol. The van der Waals surface area contributed by atoms with Crippen LogP contribution in [0.25, 0.3) is 5.57 Å². The van der Waals surface area contributed by atoms with Crippen molar-refractivity contribution in [3.8, 4) is 0 Å². The summed E-state index contributed by atoms with van der Waals surface area (Å²) >= 11 is 0. The lowest BCUT2D eigenvalue weighted by atomic mass is 9.98. The smallest absolute Gasteiger partial charge is 0.307 e. The number of hydrogen-bond donors (Lipinski definition) is 1. The molecule has 0 radical (unpaired) electrons. The van der Waals surface area contributed by atoms with Crippen LogP contribution >= 0.6 is 0 Å². The van der Waals surface area contributed by atoms with Gasteiger partial charge in [-0.15, -0.1) is 0 Å². The van der Waals surface area contributed by atoms with Crippen LogP contribution in [0.5, 0.6) is 0 Å². The average Bonchev–Trinajstić information content (AvgIpc) is 2.43. The minimum Gasteiger partial charge on any atom is -0.481 e. The fourth-order valence-corrected chi connectivity index (χ4v) is 2.30. The molecule has 0 atom stereocenters. The Morgan fingerprint density at radius 1 is 1.40 bits per heavy atom. The molecule has 2 nitrogen and oxygen atoms in total. The second-order valence-corrected chi connectivity index (χ2v) is 4.12. The summed E-state index contributed by atoms with van der Waals surface area (Å²) in [6, 6.07) is 6.16. The number of allylic oxidation sites excluding steroid dienone is 1. The SMILES string of the molecule is CC1=C(CC(=O)O)c2c(C)cccc2C1. The van der Waals surface area contributed by atoms with Crippen LogP contribution in [0.3, 0.4) is 0 Å². The third kappa shape index (κ3) is 1.67. The first-order valence-corrected chi connectivity index (χ1v) is 5.09. The number of aliphatic carboxylic acids is 1. The van der Waals surface area contributed by atoms with Gasteiger partial charge in [0.2, 0.25) is 0 Å². The Morgan fingerprint density at radius 2 is 2.13 bits per heavy atom. The molecule has 0 aromatic heterocycles. The molecule has 1 aliphatic carbocycles. The van der Waals surface area contributed by atoms with Crippen molar-refractivity contribution in [3.63, 3.8) is 0 Å². The van der Waals surface area contributed by atoms with E-state index in [0.717, 1.165) is 17.6 Å². The highest BCUT2D eigenvalue weighted by Crippen LogP contribution is 2.36. The van der Waals surface area contributed by atoms with Crippen LogP contribution in [0.2, 0.25) is 0 Å². The average molecular weight is 202 g/mol. The molecule has 0 bridgehead atoms. The lowest BCUT2D eigenvalue weighted by molar-refractivity contribution is -0.135. The number of carboxylic acid groups (broad SMARTS) is 1. The Labute approximate surface area is 89.2 Å². The summed E-state index contributed by atoms with van der Waals surface area (Å²) in [5.41, 5.74) is 5.82. The molecule has 78 valence electrons. The molecule has 1 N–H and O–H groups in total. The summed E-state index contributed by atoms with van der Waals surface area (Å²) in [5, 5.41) is 8.87. The van der Waals surface area contributed by atoms with Crippen molar-refractivity contribution in [2.75, 3.05) is 0 Å². The van der Waals surface area contributed by atoms with Crippen molar-refractivity contribution in [2.45, 2.75) is 26.7 Å². The zero-order chi connectivity index (χ0) is 11.0. The van der Waals surface area contributed by atoms with Crippen LogP contribution in [-0.2, 0) is 11.2 Å². The van der Waals surface area contributed by atoms with Gasteiger partial charge in [-0.25, -0.2) is 0 Å². The minimum atomic E-state index is -0.750. The lowest BCUT2D eigenvalue weighted by Gasteiger charge is -2.07. The van der Waals surface area contributed by atoms with Gasteiger partial charge in [0.25, 0.3) is 0 Å². The molecule has 0 saturated heterocycles. The summed E-state index contributed by atoms with van der Waals surface area (Å²) in [5.74, 6) is -0.750. The summed E-state index contributed by atoms with van der Waals surface area (Å²) in [6.45, 7) is 4.07. The first kappa shape index (κ1) is 9.97. The van der Waals surface area contributed by atoms with Crippen molar-refractivity contribution in [2.24, 2.45) is 0 Å². The van der Waals surface area contributed by atoms with Gasteiger partial charge in [-0.3, -0.25) is 4.79 Å². The van der Waals surface area contributed by atoms with Gasteiger partial charge in [-0.2, -0.15) is 0 Å². The van der Waals surface area contributed by atoms with E-state index >= 15 is 0 Å². The van der Waals surface area contributed by atoms with E-state index in [4.69, 9.17) is 5.11 Å². The number of fused-ring (bicyclic) bond motifs is 1. The van der Waals surface area contributed by atoms with Crippen LogP contribution in [0.15, 0.2) is 23.8 Å².